The van der Waals surface area contributed by atoms with Gasteiger partial charge in [-0.2, -0.15) is 9.97 Å². The molecule has 37 heavy (non-hydrogen) atoms. The minimum Gasteiger partial charge on any atom is -0.378 e. The number of hydrogen-bond acceptors (Lipinski definition) is 8. The van der Waals surface area contributed by atoms with Crippen molar-refractivity contribution >= 4 is 34.6 Å². The highest BCUT2D eigenvalue weighted by molar-refractivity contribution is 6.34. The molecule has 2 fully saturated rings. The number of likely N-dealkylation sites (N-methyl/N-ethyl adjacent to an activating group) is 1. The molecule has 1 saturated heterocycles. The van der Waals surface area contributed by atoms with Gasteiger partial charge in [0.2, 0.25) is 5.95 Å². The van der Waals surface area contributed by atoms with Crippen LogP contribution < -0.4 is 15.5 Å². The summed E-state index contributed by atoms with van der Waals surface area (Å²) in [5.74, 6) is -0.474. The van der Waals surface area contributed by atoms with Gasteiger partial charge in [0.15, 0.2) is 5.82 Å². The fourth-order valence-electron chi connectivity index (χ4n) is 4.46. The van der Waals surface area contributed by atoms with Crippen LogP contribution in [0.15, 0.2) is 30.3 Å². The number of carbonyl (C=O) groups excluding carboxylic acids is 2. The molecule has 0 radical (unpaired) electrons. The second-order valence-corrected chi connectivity index (χ2v) is 9.29. The van der Waals surface area contributed by atoms with Gasteiger partial charge in [-0.3, -0.25) is 14.2 Å². The minimum atomic E-state index is -2.80. The van der Waals surface area contributed by atoms with Gasteiger partial charge in [0, 0.05) is 45.3 Å². The highest BCUT2D eigenvalue weighted by Gasteiger charge is 2.33. The Kier molecular flexibility index (Phi) is 6.87. The summed E-state index contributed by atoms with van der Waals surface area (Å²) >= 11 is 0. The Bertz CT molecular complexity index is 1300. The first-order valence-corrected chi connectivity index (χ1v) is 12.1. The van der Waals surface area contributed by atoms with Crippen LogP contribution in [0.1, 0.15) is 25.1 Å². The van der Waals surface area contributed by atoms with Crippen LogP contribution in [0.25, 0.3) is 16.9 Å². The predicted molar refractivity (Wildman–Crippen MR) is 132 cm³/mol. The van der Waals surface area contributed by atoms with Gasteiger partial charge in [0.05, 0.1) is 24.2 Å². The number of para-hydroxylation sites is 2. The molecular weight excluding hydrogens is 486 g/mol. The van der Waals surface area contributed by atoms with E-state index in [9.17, 15) is 18.4 Å². The molecule has 2 amide bonds. The third-order valence-electron chi connectivity index (χ3n) is 6.43. The summed E-state index contributed by atoms with van der Waals surface area (Å²) in [6, 6.07) is 8.40. The minimum absolute atomic E-state index is 0.0193. The van der Waals surface area contributed by atoms with E-state index in [4.69, 9.17) is 4.74 Å². The number of fused-ring (bicyclic) bond motifs is 1. The summed E-state index contributed by atoms with van der Waals surface area (Å²) in [7, 11) is 3.05. The van der Waals surface area contributed by atoms with E-state index in [1.165, 1.54) is 23.6 Å². The largest absolute Gasteiger partial charge is 0.378 e. The van der Waals surface area contributed by atoms with Crippen molar-refractivity contribution in [3.05, 3.63) is 36.2 Å². The summed E-state index contributed by atoms with van der Waals surface area (Å²) in [6.45, 7) is 2.18. The normalized spacial score (nSPS) is 19.5. The van der Waals surface area contributed by atoms with E-state index in [0.29, 0.717) is 61.9 Å². The van der Waals surface area contributed by atoms with Crippen molar-refractivity contribution in [3.8, 4) is 5.82 Å². The molecule has 11 nitrogen and oxygen atoms in total. The van der Waals surface area contributed by atoms with Crippen LogP contribution in [0.3, 0.4) is 0 Å². The van der Waals surface area contributed by atoms with Crippen LogP contribution in [0.2, 0.25) is 0 Å². The number of alkyl halides is 2. The number of morpholine rings is 1. The van der Waals surface area contributed by atoms with Crippen LogP contribution in [0.5, 0.6) is 0 Å². The lowest BCUT2D eigenvalue weighted by atomic mass is 9.86. The molecule has 2 aromatic heterocycles. The molecule has 1 aliphatic carbocycles. The first-order chi connectivity index (χ1) is 17.8. The maximum absolute atomic E-state index is 14.0. The number of ether oxygens (including phenoxy) is 1. The zero-order valence-electron chi connectivity index (χ0n) is 20.5. The lowest BCUT2D eigenvalue weighted by molar-refractivity contribution is -0.144. The van der Waals surface area contributed by atoms with Crippen molar-refractivity contribution in [2.45, 2.75) is 31.4 Å². The first-order valence-electron chi connectivity index (χ1n) is 12.1. The number of amides is 2. The molecule has 0 bridgehead atoms. The topological polar surface area (TPSA) is 118 Å². The van der Waals surface area contributed by atoms with E-state index < -0.39 is 24.1 Å². The molecule has 13 heteroatoms. The van der Waals surface area contributed by atoms with Crippen molar-refractivity contribution in [2.24, 2.45) is 0 Å². The maximum Gasteiger partial charge on any atom is 0.311 e. The van der Waals surface area contributed by atoms with Crippen molar-refractivity contribution in [1.82, 2.24) is 29.7 Å². The highest BCUT2D eigenvalue weighted by atomic mass is 19.3. The number of anilines is 2. The molecule has 0 unspecified atom stereocenters. The van der Waals surface area contributed by atoms with Crippen LogP contribution in [0, 0.1) is 0 Å². The molecule has 2 N–H and O–H groups in total. The lowest BCUT2D eigenvalue weighted by Crippen LogP contribution is -2.53. The molecule has 0 spiro atoms. The third-order valence-corrected chi connectivity index (χ3v) is 6.43. The molecule has 3 aromatic rings. The second-order valence-electron chi connectivity index (χ2n) is 9.29. The quantitative estimate of drug-likeness (QED) is 0.478. The monoisotopic (exact) mass is 514 g/mol. The number of halogens is 2. The Morgan fingerprint density at radius 3 is 2.51 bits per heavy atom. The summed E-state index contributed by atoms with van der Waals surface area (Å²) < 4.78 is 34.8. The molecule has 3 heterocycles. The van der Waals surface area contributed by atoms with Gasteiger partial charge >= 0.3 is 11.8 Å². The molecule has 196 valence electrons. The van der Waals surface area contributed by atoms with Crippen LogP contribution in [0.4, 0.5) is 20.5 Å². The van der Waals surface area contributed by atoms with Gasteiger partial charge in [-0.1, -0.05) is 12.1 Å². The Labute approximate surface area is 211 Å². The number of carbonyl (C=O) groups is 2. The summed E-state index contributed by atoms with van der Waals surface area (Å²) in [5.41, 5.74) is 0.969. The average molecular weight is 515 g/mol. The zero-order valence-corrected chi connectivity index (χ0v) is 20.5. The highest BCUT2D eigenvalue weighted by Crippen LogP contribution is 2.30. The lowest BCUT2D eigenvalue weighted by Gasteiger charge is -2.36. The predicted octanol–water partition coefficient (Wildman–Crippen LogP) is 1.74. The molecule has 2 aliphatic rings. The molecule has 1 aliphatic heterocycles. The maximum atomic E-state index is 14.0. The number of benzene rings is 1. The van der Waals surface area contributed by atoms with Crippen LogP contribution in [-0.4, -0.2) is 88.7 Å². The average Bonchev–Trinajstić information content (AvgIpc) is 3.27. The van der Waals surface area contributed by atoms with Crippen LogP contribution in [-0.2, 0) is 14.3 Å². The molecule has 5 rings (SSSR count). The second kappa shape index (κ2) is 10.2. The third kappa shape index (κ3) is 5.17. The Morgan fingerprint density at radius 2 is 1.81 bits per heavy atom. The van der Waals surface area contributed by atoms with Gasteiger partial charge in [0.1, 0.15) is 11.6 Å². The Hall–Kier alpha value is -3.87. The number of aromatic nitrogens is 4. The standard InChI is InChI=1S/C24H28F2N8O3/c1-32(2)23(36)22(35)28-15-11-14(12-15)27-18-13-19(31-24(30-18)33-7-9-37-10-8-33)34-17-6-4-3-5-16(17)29-21(34)20(25)26/h3-6,13-15,20H,7-12H2,1-2H3,(H,28,35)(H,27,30,31)/t14-,15-. The zero-order chi connectivity index (χ0) is 26.1. The van der Waals surface area contributed by atoms with Gasteiger partial charge < -0.3 is 25.2 Å². The molecule has 1 aromatic carbocycles. The van der Waals surface area contributed by atoms with Crippen molar-refractivity contribution in [2.75, 3.05) is 50.6 Å². The number of imidazole rings is 1. The van der Waals surface area contributed by atoms with Crippen molar-refractivity contribution in [1.29, 1.82) is 0 Å². The van der Waals surface area contributed by atoms with E-state index in [-0.39, 0.29) is 17.9 Å². The van der Waals surface area contributed by atoms with E-state index in [2.05, 4.69) is 25.6 Å². The van der Waals surface area contributed by atoms with Crippen LogP contribution >= 0.6 is 0 Å². The number of hydrogen-bond donors (Lipinski definition) is 2. The summed E-state index contributed by atoms with van der Waals surface area (Å²) in [6.07, 6.45) is -1.62. The van der Waals surface area contributed by atoms with Crippen molar-refractivity contribution in [3.63, 3.8) is 0 Å². The summed E-state index contributed by atoms with van der Waals surface area (Å²) in [4.78, 5) is 40.4. The van der Waals surface area contributed by atoms with E-state index in [1.807, 2.05) is 4.90 Å². The Balaban J connectivity index is 1.42. The van der Waals surface area contributed by atoms with E-state index in [0.717, 1.165) is 0 Å². The van der Waals surface area contributed by atoms with Crippen molar-refractivity contribution < 1.29 is 23.1 Å². The molecule has 1 saturated carbocycles. The number of nitrogens with zero attached hydrogens (tertiary/aromatic N) is 6. The van der Waals surface area contributed by atoms with Gasteiger partial charge in [0.25, 0.3) is 6.43 Å². The molecular formula is C24H28F2N8O3. The smallest absolute Gasteiger partial charge is 0.311 e. The summed E-state index contributed by atoms with van der Waals surface area (Å²) in [5, 5.41) is 6.06. The Morgan fingerprint density at radius 1 is 1.08 bits per heavy atom. The SMILES string of the molecule is CN(C)C(=O)C(=O)N[C@H]1C[C@H](Nc2cc(-n3c(C(F)F)nc4ccccc43)nc(N3CCOCC3)n2)C1. The van der Waals surface area contributed by atoms with E-state index >= 15 is 0 Å². The molecule has 0 atom stereocenters. The number of nitrogens with one attached hydrogen (secondary N) is 2. The van der Waals surface area contributed by atoms with Gasteiger partial charge in [-0.25, -0.2) is 13.8 Å². The first kappa shape index (κ1) is 24.8. The fourth-order valence-corrected chi connectivity index (χ4v) is 4.46. The van der Waals surface area contributed by atoms with E-state index in [1.54, 1.807) is 30.3 Å². The fraction of sp³-hybridized carbons (Fsp3) is 0.458. The van der Waals surface area contributed by atoms with Gasteiger partial charge in [-0.15, -0.1) is 0 Å². The van der Waals surface area contributed by atoms with Gasteiger partial charge in [-0.05, 0) is 25.0 Å². The number of rotatable bonds is 6.